The maximum atomic E-state index is 10.4. The number of hydrogen-bond donors (Lipinski definition) is 0. The Balaban J connectivity index is 1.84. The molecule has 0 saturated carbocycles. The highest BCUT2D eigenvalue weighted by Crippen LogP contribution is 2.15. The fraction of sp³-hybridized carbons (Fsp3) is 0.200. The lowest BCUT2D eigenvalue weighted by atomic mass is 10.3. The number of nitrogens with zero attached hydrogens (tertiary/aromatic N) is 4. The van der Waals surface area contributed by atoms with Crippen molar-refractivity contribution < 1.29 is 9.66 Å². The summed E-state index contributed by atoms with van der Waals surface area (Å²) in [5.41, 5.74) is 0. The van der Waals surface area contributed by atoms with Gasteiger partial charge in [-0.05, 0) is 29.2 Å². The summed E-state index contributed by atoms with van der Waals surface area (Å²) < 4.78 is 6.77. The minimum absolute atomic E-state index is 0.335. The number of nitro groups is 1. The molecule has 0 bridgehead atoms. The van der Waals surface area contributed by atoms with Gasteiger partial charge in [0, 0.05) is 10.1 Å². The summed E-state index contributed by atoms with van der Waals surface area (Å²) in [5.74, 6) is 0.260. The van der Waals surface area contributed by atoms with Gasteiger partial charge in [0.2, 0.25) is 6.33 Å². The van der Waals surface area contributed by atoms with Gasteiger partial charge in [0.25, 0.3) is 0 Å². The second kappa shape index (κ2) is 5.46. The van der Waals surface area contributed by atoms with E-state index in [-0.39, 0.29) is 0 Å². The predicted octanol–water partition coefficient (Wildman–Crippen LogP) is 1.92. The monoisotopic (exact) mass is 268 g/mol. The molecule has 0 N–H and O–H groups in total. The minimum atomic E-state index is -0.642. The van der Waals surface area contributed by atoms with Crippen LogP contribution < -0.4 is 4.74 Å². The Morgan fingerprint density at radius 1 is 1.39 bits per heavy atom. The minimum Gasteiger partial charge on any atom is -0.492 e. The lowest BCUT2D eigenvalue weighted by Crippen LogP contribution is -2.08. The van der Waals surface area contributed by atoms with Gasteiger partial charge in [0.05, 0.1) is 6.54 Å². The lowest BCUT2D eigenvalue weighted by Gasteiger charge is -2.04. The topological polar surface area (TPSA) is 83.1 Å². The van der Waals surface area contributed by atoms with Crippen LogP contribution in [0, 0.1) is 10.1 Å². The Hall–Kier alpha value is -2.15. The maximum Gasteiger partial charge on any atom is 0.490 e. The van der Waals surface area contributed by atoms with Gasteiger partial charge in [-0.15, -0.1) is 0 Å². The predicted molar refractivity (Wildman–Crippen MR) is 63.6 cm³/mol. The third kappa shape index (κ3) is 3.17. The zero-order valence-corrected chi connectivity index (χ0v) is 9.95. The molecule has 2 rings (SSSR count). The van der Waals surface area contributed by atoms with Crippen molar-refractivity contribution in [1.29, 1.82) is 0 Å². The summed E-state index contributed by atoms with van der Waals surface area (Å²) in [5, 5.41) is 14.7. The molecule has 0 aliphatic carbocycles. The lowest BCUT2D eigenvalue weighted by molar-refractivity contribution is -0.394. The normalized spacial score (nSPS) is 10.3. The second-order valence-electron chi connectivity index (χ2n) is 3.37. The first-order chi connectivity index (χ1) is 8.65. The number of benzene rings is 1. The number of ether oxygens (including phenoxy) is 1. The zero-order chi connectivity index (χ0) is 13.0. The van der Waals surface area contributed by atoms with E-state index in [1.165, 1.54) is 11.0 Å². The summed E-state index contributed by atoms with van der Waals surface area (Å²) in [6.45, 7) is 0.714. The van der Waals surface area contributed by atoms with Crippen molar-refractivity contribution in [3.05, 3.63) is 45.7 Å². The van der Waals surface area contributed by atoms with Crippen molar-refractivity contribution in [3.63, 3.8) is 0 Å². The molecule has 0 unspecified atom stereocenters. The highest BCUT2D eigenvalue weighted by molar-refractivity contribution is 6.30. The largest absolute Gasteiger partial charge is 0.492 e. The van der Waals surface area contributed by atoms with E-state index in [2.05, 4.69) is 10.1 Å². The van der Waals surface area contributed by atoms with Gasteiger partial charge in [0.1, 0.15) is 12.4 Å². The van der Waals surface area contributed by atoms with Gasteiger partial charge in [-0.2, -0.15) is 4.68 Å². The van der Waals surface area contributed by atoms with E-state index in [1.807, 2.05) is 0 Å². The maximum absolute atomic E-state index is 10.4. The average Bonchev–Trinajstić information content (AvgIpc) is 2.81. The standard InChI is InChI=1S/C10H9ClN4O3/c11-8-1-3-9(4-2-8)18-6-5-14-7-12-10(13-14)15(16)17/h1-4,7H,5-6H2. The molecule has 0 aliphatic heterocycles. The Kier molecular flexibility index (Phi) is 3.73. The van der Waals surface area contributed by atoms with Crippen molar-refractivity contribution in [1.82, 2.24) is 14.8 Å². The fourth-order valence-corrected chi connectivity index (χ4v) is 1.39. The molecule has 0 fully saturated rings. The third-order valence-electron chi connectivity index (χ3n) is 2.09. The molecule has 1 aromatic carbocycles. The van der Waals surface area contributed by atoms with Crippen molar-refractivity contribution in [2.24, 2.45) is 0 Å². The van der Waals surface area contributed by atoms with E-state index in [1.54, 1.807) is 24.3 Å². The van der Waals surface area contributed by atoms with Crippen LogP contribution in [0.5, 0.6) is 5.75 Å². The highest BCUT2D eigenvalue weighted by Gasteiger charge is 2.12. The van der Waals surface area contributed by atoms with Gasteiger partial charge < -0.3 is 14.9 Å². The Morgan fingerprint density at radius 2 is 2.11 bits per heavy atom. The molecule has 0 saturated heterocycles. The van der Waals surface area contributed by atoms with E-state index in [0.717, 1.165) is 0 Å². The molecule has 0 radical (unpaired) electrons. The van der Waals surface area contributed by atoms with Crippen molar-refractivity contribution in [2.45, 2.75) is 6.54 Å². The molecule has 0 atom stereocenters. The Bertz CT molecular complexity index is 540. The molecule has 7 nitrogen and oxygen atoms in total. The van der Waals surface area contributed by atoms with Crippen LogP contribution in [-0.2, 0) is 6.54 Å². The van der Waals surface area contributed by atoms with E-state index in [4.69, 9.17) is 16.3 Å². The molecule has 1 heterocycles. The van der Waals surface area contributed by atoms with Crippen LogP contribution in [0.1, 0.15) is 0 Å². The van der Waals surface area contributed by atoms with Crippen LogP contribution in [0.3, 0.4) is 0 Å². The van der Waals surface area contributed by atoms with Gasteiger partial charge in [-0.25, -0.2) is 0 Å². The number of hydrogen-bond acceptors (Lipinski definition) is 5. The number of aromatic nitrogens is 3. The first-order valence-corrected chi connectivity index (χ1v) is 5.45. The van der Waals surface area contributed by atoms with E-state index in [9.17, 15) is 10.1 Å². The van der Waals surface area contributed by atoms with Crippen LogP contribution in [0.2, 0.25) is 5.02 Å². The summed E-state index contributed by atoms with van der Waals surface area (Å²) in [4.78, 5) is 13.3. The Morgan fingerprint density at radius 3 is 2.72 bits per heavy atom. The zero-order valence-electron chi connectivity index (χ0n) is 9.19. The first kappa shape index (κ1) is 12.3. The van der Waals surface area contributed by atoms with Crippen LogP contribution in [0.4, 0.5) is 5.95 Å². The third-order valence-corrected chi connectivity index (χ3v) is 2.34. The molecule has 2 aromatic rings. The van der Waals surface area contributed by atoms with E-state index >= 15 is 0 Å². The number of halogens is 1. The van der Waals surface area contributed by atoms with Gasteiger partial charge >= 0.3 is 5.95 Å². The summed E-state index contributed by atoms with van der Waals surface area (Å²) in [6.07, 6.45) is 1.29. The van der Waals surface area contributed by atoms with E-state index in [0.29, 0.717) is 23.9 Å². The van der Waals surface area contributed by atoms with Crippen LogP contribution >= 0.6 is 11.6 Å². The average molecular weight is 269 g/mol. The molecule has 0 aliphatic rings. The molecular formula is C10H9ClN4O3. The second-order valence-corrected chi connectivity index (χ2v) is 3.80. The van der Waals surface area contributed by atoms with Gasteiger partial charge in [-0.3, -0.25) is 0 Å². The summed E-state index contributed by atoms with van der Waals surface area (Å²) >= 11 is 5.73. The molecule has 1 aromatic heterocycles. The van der Waals surface area contributed by atoms with E-state index < -0.39 is 10.9 Å². The van der Waals surface area contributed by atoms with Crippen LogP contribution in [0.25, 0.3) is 0 Å². The van der Waals surface area contributed by atoms with Crippen molar-refractivity contribution >= 4 is 17.5 Å². The molecular weight excluding hydrogens is 260 g/mol. The van der Waals surface area contributed by atoms with Gasteiger partial charge in [0.15, 0.2) is 0 Å². The fourth-order valence-electron chi connectivity index (χ4n) is 1.26. The first-order valence-electron chi connectivity index (χ1n) is 5.07. The number of rotatable bonds is 5. The van der Waals surface area contributed by atoms with Crippen LogP contribution in [0.15, 0.2) is 30.6 Å². The van der Waals surface area contributed by atoms with Crippen molar-refractivity contribution in [3.8, 4) is 5.75 Å². The molecule has 8 heteroatoms. The summed E-state index contributed by atoms with van der Waals surface area (Å²) in [6, 6.07) is 6.92. The molecule has 94 valence electrons. The quantitative estimate of drug-likeness (QED) is 0.611. The molecule has 0 amide bonds. The van der Waals surface area contributed by atoms with Crippen molar-refractivity contribution in [2.75, 3.05) is 6.61 Å². The highest BCUT2D eigenvalue weighted by atomic mass is 35.5. The Labute approximate surface area is 107 Å². The molecule has 18 heavy (non-hydrogen) atoms. The molecule has 0 spiro atoms. The smallest absolute Gasteiger partial charge is 0.490 e. The van der Waals surface area contributed by atoms with Crippen LogP contribution in [-0.4, -0.2) is 26.3 Å². The SMILES string of the molecule is O=[N+]([O-])c1ncn(CCOc2ccc(Cl)cc2)n1. The summed E-state index contributed by atoms with van der Waals surface area (Å²) in [7, 11) is 0. The van der Waals surface area contributed by atoms with Gasteiger partial charge in [-0.1, -0.05) is 16.6 Å².